The number of hydrogen-bond acceptors (Lipinski definition) is 7. The molecule has 3 aromatic rings. The highest BCUT2D eigenvalue weighted by Gasteiger charge is 2.51. The van der Waals surface area contributed by atoms with Crippen molar-refractivity contribution in [3.8, 4) is 11.5 Å². The summed E-state index contributed by atoms with van der Waals surface area (Å²) in [5, 5.41) is 14.8. The summed E-state index contributed by atoms with van der Waals surface area (Å²) in [6, 6.07) is 13.1. The van der Waals surface area contributed by atoms with Gasteiger partial charge in [-0.05, 0) is 5.56 Å². The molecule has 2 fully saturated rings. The number of imidazole rings is 1. The molecule has 0 radical (unpaired) electrons. The van der Waals surface area contributed by atoms with Crippen LogP contribution in [0.2, 0.25) is 0 Å². The topological polar surface area (TPSA) is 87.0 Å². The van der Waals surface area contributed by atoms with Crippen LogP contribution in [0.5, 0.6) is 11.5 Å². The molecule has 0 saturated carbocycles. The van der Waals surface area contributed by atoms with E-state index in [1.807, 2.05) is 34.9 Å². The van der Waals surface area contributed by atoms with Crippen LogP contribution < -0.4 is 14.8 Å². The molecule has 8 heteroatoms. The maximum Gasteiger partial charge on any atom is 0.181 e. The molecule has 30 heavy (non-hydrogen) atoms. The summed E-state index contributed by atoms with van der Waals surface area (Å²) in [5.74, 6) is 1.21. The average molecular weight is 411 g/mol. The number of aliphatic hydroxyl groups excluding tert-OH is 1. The summed E-state index contributed by atoms with van der Waals surface area (Å²) in [4.78, 5) is 4.50. The molecule has 2 aromatic carbocycles. The van der Waals surface area contributed by atoms with Crippen LogP contribution in [-0.2, 0) is 16.0 Å². The molecule has 0 unspecified atom stereocenters. The van der Waals surface area contributed by atoms with Gasteiger partial charge in [-0.1, -0.05) is 30.3 Å². The third kappa shape index (κ3) is 3.22. The standard InChI is InChI=1S/C22H25N3O5/c1-27-16-8-14-15(9-17(16)28-2)25(12-24-14)20-21(26)19(18-11-29-22(20)30-18)23-10-13-6-4-3-5-7-13/h3-9,12,18-23,26H,10-11H2,1-2H3/t18-,19-,20-,21+,22-/m1/s1. The minimum Gasteiger partial charge on any atom is -0.493 e. The minimum atomic E-state index is -0.717. The summed E-state index contributed by atoms with van der Waals surface area (Å²) < 4.78 is 24.7. The van der Waals surface area contributed by atoms with Crippen LogP contribution in [0.4, 0.5) is 0 Å². The summed E-state index contributed by atoms with van der Waals surface area (Å²) >= 11 is 0. The fraction of sp³-hybridized carbons (Fsp3) is 0.409. The van der Waals surface area contributed by atoms with Crippen molar-refractivity contribution >= 4 is 11.0 Å². The molecule has 3 heterocycles. The molecule has 158 valence electrons. The lowest BCUT2D eigenvalue weighted by atomic mass is 9.95. The number of hydrogen-bond donors (Lipinski definition) is 2. The van der Waals surface area contributed by atoms with Crippen molar-refractivity contribution in [1.82, 2.24) is 14.9 Å². The van der Waals surface area contributed by atoms with E-state index in [4.69, 9.17) is 18.9 Å². The van der Waals surface area contributed by atoms with Crippen LogP contribution in [0.25, 0.3) is 11.0 Å². The summed E-state index contributed by atoms with van der Waals surface area (Å²) in [5.41, 5.74) is 2.71. The fourth-order valence-electron chi connectivity index (χ4n) is 4.37. The first-order valence-corrected chi connectivity index (χ1v) is 10.0. The van der Waals surface area contributed by atoms with Gasteiger partial charge in [0.15, 0.2) is 17.8 Å². The van der Waals surface area contributed by atoms with Crippen molar-refractivity contribution in [3.63, 3.8) is 0 Å². The molecular weight excluding hydrogens is 386 g/mol. The van der Waals surface area contributed by atoms with E-state index in [1.165, 1.54) is 0 Å². The van der Waals surface area contributed by atoms with Gasteiger partial charge in [-0.2, -0.15) is 0 Å². The molecule has 1 aromatic heterocycles. The Morgan fingerprint density at radius 2 is 1.93 bits per heavy atom. The van der Waals surface area contributed by atoms with Gasteiger partial charge in [-0.3, -0.25) is 0 Å². The molecule has 2 saturated heterocycles. The predicted molar refractivity (Wildman–Crippen MR) is 110 cm³/mol. The molecule has 5 atom stereocenters. The Morgan fingerprint density at radius 3 is 2.70 bits per heavy atom. The molecule has 0 amide bonds. The van der Waals surface area contributed by atoms with E-state index in [1.54, 1.807) is 20.5 Å². The molecule has 2 bridgehead atoms. The number of rotatable bonds is 6. The highest BCUT2D eigenvalue weighted by molar-refractivity contribution is 5.80. The minimum absolute atomic E-state index is 0.200. The van der Waals surface area contributed by atoms with Crippen molar-refractivity contribution in [2.24, 2.45) is 0 Å². The number of fused-ring (bicyclic) bond motifs is 3. The molecule has 2 aliphatic heterocycles. The van der Waals surface area contributed by atoms with Crippen LogP contribution in [0.1, 0.15) is 11.6 Å². The lowest BCUT2D eigenvalue weighted by molar-refractivity contribution is -0.164. The maximum atomic E-state index is 11.3. The highest BCUT2D eigenvalue weighted by Crippen LogP contribution is 2.39. The Balaban J connectivity index is 1.46. The quantitative estimate of drug-likeness (QED) is 0.640. The first-order chi connectivity index (χ1) is 14.7. The van der Waals surface area contributed by atoms with Gasteiger partial charge in [0.2, 0.25) is 0 Å². The van der Waals surface area contributed by atoms with Gasteiger partial charge in [0.05, 0.1) is 50.3 Å². The van der Waals surface area contributed by atoms with Gasteiger partial charge in [-0.25, -0.2) is 4.98 Å². The van der Waals surface area contributed by atoms with E-state index >= 15 is 0 Å². The zero-order valence-electron chi connectivity index (χ0n) is 16.9. The second-order valence-electron chi connectivity index (χ2n) is 7.60. The smallest absolute Gasteiger partial charge is 0.181 e. The van der Waals surface area contributed by atoms with Crippen molar-refractivity contribution in [2.75, 3.05) is 20.8 Å². The SMILES string of the molecule is COc1cc2ncn([C@H]3[C@@H]4OC[C@@H](O4)[C@@H](NCc4ccccc4)[C@@H]3O)c2cc1OC. The van der Waals surface area contributed by atoms with Crippen molar-refractivity contribution in [1.29, 1.82) is 0 Å². The van der Waals surface area contributed by atoms with E-state index < -0.39 is 18.4 Å². The van der Waals surface area contributed by atoms with Crippen LogP contribution >= 0.6 is 0 Å². The normalized spacial score (nSPS) is 28.0. The number of aromatic nitrogens is 2. The second kappa shape index (κ2) is 7.88. The lowest BCUT2D eigenvalue weighted by Gasteiger charge is -2.39. The van der Waals surface area contributed by atoms with Crippen LogP contribution in [0, 0.1) is 0 Å². The number of nitrogens with one attached hydrogen (secondary N) is 1. The van der Waals surface area contributed by atoms with E-state index in [0.717, 1.165) is 16.6 Å². The molecule has 8 nitrogen and oxygen atoms in total. The number of methoxy groups -OCH3 is 2. The van der Waals surface area contributed by atoms with Crippen LogP contribution in [0.15, 0.2) is 48.8 Å². The summed E-state index contributed by atoms with van der Waals surface area (Å²) in [6.45, 7) is 1.07. The molecule has 2 aliphatic rings. The lowest BCUT2D eigenvalue weighted by Crippen LogP contribution is -2.57. The van der Waals surface area contributed by atoms with E-state index in [2.05, 4.69) is 22.4 Å². The van der Waals surface area contributed by atoms with Gasteiger partial charge in [0, 0.05) is 18.7 Å². The summed E-state index contributed by atoms with van der Waals surface area (Å²) in [7, 11) is 3.19. The number of benzene rings is 2. The van der Waals surface area contributed by atoms with Gasteiger partial charge >= 0.3 is 0 Å². The van der Waals surface area contributed by atoms with Gasteiger partial charge < -0.3 is 33.9 Å². The van der Waals surface area contributed by atoms with E-state index in [9.17, 15) is 5.11 Å². The molecule has 2 N–H and O–H groups in total. The zero-order chi connectivity index (χ0) is 20.7. The Hall–Kier alpha value is -2.65. The Kier molecular flexibility index (Phi) is 5.08. The maximum absolute atomic E-state index is 11.3. The fourth-order valence-corrected chi connectivity index (χ4v) is 4.37. The number of aliphatic hydroxyl groups is 1. The van der Waals surface area contributed by atoms with Gasteiger partial charge in [0.1, 0.15) is 12.1 Å². The Labute approximate surface area is 174 Å². The largest absolute Gasteiger partial charge is 0.493 e. The van der Waals surface area contributed by atoms with Crippen molar-refractivity contribution in [2.45, 2.75) is 37.1 Å². The number of nitrogens with zero attached hydrogens (tertiary/aromatic N) is 2. The Morgan fingerprint density at radius 1 is 1.17 bits per heavy atom. The third-order valence-electron chi connectivity index (χ3n) is 5.92. The van der Waals surface area contributed by atoms with Crippen LogP contribution in [0.3, 0.4) is 0 Å². The second-order valence-corrected chi connectivity index (χ2v) is 7.60. The number of ether oxygens (including phenoxy) is 4. The van der Waals surface area contributed by atoms with E-state index in [0.29, 0.717) is 24.7 Å². The van der Waals surface area contributed by atoms with Crippen molar-refractivity contribution < 1.29 is 24.1 Å². The third-order valence-corrected chi connectivity index (χ3v) is 5.92. The van der Waals surface area contributed by atoms with Gasteiger partial charge in [-0.15, -0.1) is 0 Å². The highest BCUT2D eigenvalue weighted by atomic mass is 16.7. The first kappa shape index (κ1) is 19.3. The predicted octanol–water partition coefficient (Wildman–Crippen LogP) is 1.87. The van der Waals surface area contributed by atoms with Gasteiger partial charge in [0.25, 0.3) is 0 Å². The van der Waals surface area contributed by atoms with Crippen molar-refractivity contribution in [3.05, 3.63) is 54.4 Å². The molecule has 0 spiro atoms. The molecular formula is C22H25N3O5. The van der Waals surface area contributed by atoms with Crippen LogP contribution in [-0.4, -0.2) is 60.0 Å². The molecule has 5 rings (SSSR count). The Bertz CT molecular complexity index is 1020. The first-order valence-electron chi connectivity index (χ1n) is 10.0. The average Bonchev–Trinajstić information content (AvgIpc) is 3.39. The summed E-state index contributed by atoms with van der Waals surface area (Å²) in [6.07, 6.45) is 0.252. The monoisotopic (exact) mass is 411 g/mol. The zero-order valence-corrected chi connectivity index (χ0v) is 16.9. The molecule has 0 aliphatic carbocycles. The van der Waals surface area contributed by atoms with E-state index in [-0.39, 0.29) is 12.1 Å².